The van der Waals surface area contributed by atoms with Gasteiger partial charge < -0.3 is 14.2 Å². The molecule has 1 aliphatic rings. The van der Waals surface area contributed by atoms with Gasteiger partial charge in [0.25, 0.3) is 0 Å². The summed E-state index contributed by atoms with van der Waals surface area (Å²) in [6, 6.07) is 6.50. The van der Waals surface area contributed by atoms with Crippen molar-refractivity contribution < 1.29 is 31.6 Å². The average Bonchev–Trinajstić information content (AvgIpc) is 2.56. The van der Waals surface area contributed by atoms with E-state index in [1.165, 1.54) is 7.11 Å². The molecule has 2 rings (SSSR count). The van der Waals surface area contributed by atoms with Crippen LogP contribution >= 0.6 is 34.8 Å². The standard InChI is InChI=1S/C16H21Cl3N2O7S/c1-15(2,3)28-14(22)21-10-7-5-6-8-11(10)27-12(13(21)25-4)20-29(23,24)26-9-16(17,18)19/h5-8,12-13,20H,9H2,1-4H3/t12-,13+/m1/s1. The molecule has 0 spiro atoms. The van der Waals surface area contributed by atoms with Crippen molar-refractivity contribution in [2.75, 3.05) is 18.6 Å². The number of nitrogens with one attached hydrogen (secondary N) is 1. The lowest BCUT2D eigenvalue weighted by Gasteiger charge is -2.40. The molecule has 29 heavy (non-hydrogen) atoms. The number of amides is 1. The van der Waals surface area contributed by atoms with Gasteiger partial charge in [-0.3, -0.25) is 4.18 Å². The Morgan fingerprint density at radius 3 is 2.41 bits per heavy atom. The normalized spacial score (nSPS) is 20.0. The first-order valence-electron chi connectivity index (χ1n) is 8.26. The zero-order chi connectivity index (χ0) is 22.0. The Kier molecular flexibility index (Phi) is 7.54. The molecule has 0 aromatic heterocycles. The topological polar surface area (TPSA) is 103 Å². The molecule has 1 amide bonds. The van der Waals surface area contributed by atoms with Gasteiger partial charge in [-0.1, -0.05) is 46.9 Å². The van der Waals surface area contributed by atoms with E-state index in [4.69, 9.17) is 49.0 Å². The summed E-state index contributed by atoms with van der Waals surface area (Å²) in [5.74, 6) is 0.223. The fraction of sp³-hybridized carbons (Fsp3) is 0.562. The van der Waals surface area contributed by atoms with Crippen molar-refractivity contribution in [3.8, 4) is 5.75 Å². The predicted octanol–water partition coefficient (Wildman–Crippen LogP) is 3.34. The van der Waals surface area contributed by atoms with Gasteiger partial charge in [0.05, 0.1) is 5.69 Å². The minimum Gasteiger partial charge on any atom is -0.467 e. The second-order valence-electron chi connectivity index (χ2n) is 6.93. The Balaban J connectivity index is 2.34. The average molecular weight is 492 g/mol. The number of para-hydroxylation sites is 2. The van der Waals surface area contributed by atoms with Gasteiger partial charge in [0.2, 0.25) is 10.0 Å². The van der Waals surface area contributed by atoms with Crippen LogP contribution in [0.5, 0.6) is 5.75 Å². The lowest BCUT2D eigenvalue weighted by Crippen LogP contribution is -2.60. The molecule has 1 N–H and O–H groups in total. The molecule has 164 valence electrons. The Hall–Kier alpha value is -1.01. The van der Waals surface area contributed by atoms with Crippen molar-refractivity contribution in [2.24, 2.45) is 0 Å². The van der Waals surface area contributed by atoms with E-state index in [0.29, 0.717) is 5.69 Å². The number of carbonyl (C=O) groups excluding carboxylic acids is 1. The molecule has 0 bridgehead atoms. The second-order valence-corrected chi connectivity index (χ2v) is 10.8. The molecule has 13 heteroatoms. The molecule has 1 aliphatic heterocycles. The van der Waals surface area contributed by atoms with Gasteiger partial charge >= 0.3 is 16.4 Å². The lowest BCUT2D eigenvalue weighted by atomic mass is 10.2. The maximum Gasteiger partial charge on any atom is 0.417 e. The highest BCUT2D eigenvalue weighted by Crippen LogP contribution is 2.37. The van der Waals surface area contributed by atoms with Gasteiger partial charge in [-0.25, -0.2) is 9.69 Å². The molecular weight excluding hydrogens is 471 g/mol. The van der Waals surface area contributed by atoms with E-state index < -0.39 is 44.9 Å². The van der Waals surface area contributed by atoms with Crippen LogP contribution in [0.2, 0.25) is 0 Å². The van der Waals surface area contributed by atoms with Gasteiger partial charge in [-0.2, -0.15) is 13.1 Å². The maximum absolute atomic E-state index is 12.8. The SMILES string of the molecule is CO[C@H]1[C@H](NS(=O)(=O)OCC(Cl)(Cl)Cl)Oc2ccccc2N1C(=O)OC(C)(C)C. The minimum absolute atomic E-state index is 0.223. The number of benzene rings is 1. The molecule has 9 nitrogen and oxygen atoms in total. The smallest absolute Gasteiger partial charge is 0.417 e. The number of fused-ring (bicyclic) bond motifs is 1. The van der Waals surface area contributed by atoms with Gasteiger partial charge in [0.15, 0.2) is 6.23 Å². The van der Waals surface area contributed by atoms with E-state index in [0.717, 1.165) is 4.90 Å². The van der Waals surface area contributed by atoms with Crippen molar-refractivity contribution in [3.63, 3.8) is 0 Å². The first-order chi connectivity index (χ1) is 13.2. The molecule has 0 saturated heterocycles. The van der Waals surface area contributed by atoms with Crippen LogP contribution in [-0.4, -0.2) is 50.1 Å². The summed E-state index contributed by atoms with van der Waals surface area (Å²) in [5, 5.41) is 0. The molecule has 0 radical (unpaired) electrons. The van der Waals surface area contributed by atoms with Crippen LogP contribution in [-0.2, 0) is 24.0 Å². The summed E-state index contributed by atoms with van der Waals surface area (Å²) < 4.78 is 45.8. The predicted molar refractivity (Wildman–Crippen MR) is 109 cm³/mol. The fourth-order valence-corrected chi connectivity index (χ4v) is 3.58. The highest BCUT2D eigenvalue weighted by Gasteiger charge is 2.43. The highest BCUT2D eigenvalue weighted by molar-refractivity contribution is 7.84. The molecule has 1 heterocycles. The third-order valence-electron chi connectivity index (χ3n) is 3.36. The molecule has 0 unspecified atom stereocenters. The number of nitrogens with zero attached hydrogens (tertiary/aromatic N) is 1. The summed E-state index contributed by atoms with van der Waals surface area (Å²) in [5.41, 5.74) is -0.461. The number of hydrogen-bond donors (Lipinski definition) is 1. The first-order valence-corrected chi connectivity index (χ1v) is 10.8. The summed E-state index contributed by atoms with van der Waals surface area (Å²) in [4.78, 5) is 14.0. The second kappa shape index (κ2) is 9.01. The van der Waals surface area contributed by atoms with E-state index in [1.807, 2.05) is 0 Å². The number of rotatable bonds is 5. The molecule has 1 aromatic carbocycles. The molecular formula is C16H21Cl3N2O7S. The largest absolute Gasteiger partial charge is 0.467 e. The third-order valence-corrected chi connectivity index (χ3v) is 4.64. The Morgan fingerprint density at radius 1 is 1.24 bits per heavy atom. The summed E-state index contributed by atoms with van der Waals surface area (Å²) in [6.45, 7) is 4.36. The van der Waals surface area contributed by atoms with Gasteiger partial charge in [-0.15, -0.1) is 0 Å². The van der Waals surface area contributed by atoms with Crippen LogP contribution < -0.4 is 14.4 Å². The monoisotopic (exact) mass is 490 g/mol. The van der Waals surface area contributed by atoms with Crippen LogP contribution in [0, 0.1) is 0 Å². The number of anilines is 1. The van der Waals surface area contributed by atoms with E-state index in [9.17, 15) is 13.2 Å². The van der Waals surface area contributed by atoms with Crippen LogP contribution in [0.4, 0.5) is 10.5 Å². The summed E-state index contributed by atoms with van der Waals surface area (Å²) >= 11 is 16.6. The van der Waals surface area contributed by atoms with Crippen molar-refractivity contribution in [3.05, 3.63) is 24.3 Å². The quantitative estimate of drug-likeness (QED) is 0.630. The molecule has 0 saturated carbocycles. The zero-order valence-electron chi connectivity index (χ0n) is 16.0. The Bertz CT molecular complexity index is 840. The number of hydrogen-bond acceptors (Lipinski definition) is 7. The van der Waals surface area contributed by atoms with Gasteiger partial charge in [0.1, 0.15) is 18.0 Å². The van der Waals surface area contributed by atoms with Crippen LogP contribution in [0.1, 0.15) is 20.8 Å². The van der Waals surface area contributed by atoms with Crippen LogP contribution in [0.15, 0.2) is 24.3 Å². The van der Waals surface area contributed by atoms with Crippen LogP contribution in [0.25, 0.3) is 0 Å². The van der Waals surface area contributed by atoms with Crippen molar-refractivity contribution in [2.45, 2.75) is 42.6 Å². The number of alkyl halides is 3. The summed E-state index contributed by atoms with van der Waals surface area (Å²) in [6.07, 6.45) is -3.35. The number of ether oxygens (including phenoxy) is 3. The summed E-state index contributed by atoms with van der Waals surface area (Å²) in [7, 11) is -3.15. The molecule has 2 atom stereocenters. The van der Waals surface area contributed by atoms with Crippen molar-refractivity contribution in [1.82, 2.24) is 4.72 Å². The molecule has 0 aliphatic carbocycles. The highest BCUT2D eigenvalue weighted by atomic mass is 35.6. The van der Waals surface area contributed by atoms with E-state index in [1.54, 1.807) is 45.0 Å². The van der Waals surface area contributed by atoms with Crippen molar-refractivity contribution >= 4 is 56.9 Å². The number of carbonyl (C=O) groups is 1. The van der Waals surface area contributed by atoms with E-state index in [2.05, 4.69) is 8.91 Å². The molecule has 0 fully saturated rings. The number of halogens is 3. The third kappa shape index (κ3) is 7.02. The lowest BCUT2D eigenvalue weighted by molar-refractivity contribution is -0.0237. The first kappa shape index (κ1) is 24.3. The fourth-order valence-electron chi connectivity index (χ4n) is 2.37. The minimum atomic E-state index is -4.43. The van der Waals surface area contributed by atoms with Crippen molar-refractivity contribution in [1.29, 1.82) is 0 Å². The molecule has 1 aromatic rings. The Labute approximate surface area is 184 Å². The van der Waals surface area contributed by atoms with Gasteiger partial charge in [-0.05, 0) is 32.9 Å². The number of methoxy groups -OCH3 is 1. The van der Waals surface area contributed by atoms with Crippen LogP contribution in [0.3, 0.4) is 0 Å². The van der Waals surface area contributed by atoms with Gasteiger partial charge in [0, 0.05) is 7.11 Å². The zero-order valence-corrected chi connectivity index (χ0v) is 19.1. The van der Waals surface area contributed by atoms with E-state index >= 15 is 0 Å². The Morgan fingerprint density at radius 2 is 1.86 bits per heavy atom. The maximum atomic E-state index is 12.8. The van der Waals surface area contributed by atoms with E-state index in [-0.39, 0.29) is 5.75 Å².